The van der Waals surface area contributed by atoms with Crippen LogP contribution in [0.2, 0.25) is 0 Å². The molecule has 2 rings (SSSR count). The molecule has 1 nitrogen and oxygen atoms in total. The van der Waals surface area contributed by atoms with Crippen LogP contribution in [0.25, 0.3) is 10.8 Å². The molecule has 0 bridgehead atoms. The second-order valence-electron chi connectivity index (χ2n) is 3.07. The fourth-order valence-electron chi connectivity index (χ4n) is 1.40. The van der Waals surface area contributed by atoms with Crippen molar-refractivity contribution in [1.82, 2.24) is 0 Å². The summed E-state index contributed by atoms with van der Waals surface area (Å²) in [5.41, 5.74) is 0.767. The predicted molar refractivity (Wildman–Crippen MR) is 87.5 cm³/mol. The molecule has 0 saturated carbocycles. The van der Waals surface area contributed by atoms with E-state index in [1.807, 2.05) is 6.07 Å². The summed E-state index contributed by atoms with van der Waals surface area (Å²) >= 11 is 6.82. The average molecular weight is 534 g/mol. The SMILES string of the molecule is O=Cc1cc2c(I)ccc(I)c2cc1I. The highest BCUT2D eigenvalue weighted by atomic mass is 127. The van der Waals surface area contributed by atoms with Crippen molar-refractivity contribution in [3.63, 3.8) is 0 Å². The minimum atomic E-state index is 0.767. The summed E-state index contributed by atoms with van der Waals surface area (Å²) in [4.78, 5) is 10.9. The van der Waals surface area contributed by atoms with Crippen LogP contribution in [0.1, 0.15) is 10.4 Å². The molecular formula is C11H5I3O. The summed E-state index contributed by atoms with van der Waals surface area (Å²) in [6.07, 6.45) is 0.914. The van der Waals surface area contributed by atoms with Gasteiger partial charge in [-0.05, 0) is 103 Å². The lowest BCUT2D eigenvalue weighted by atomic mass is 10.1. The smallest absolute Gasteiger partial charge is 0.151 e. The molecule has 0 saturated heterocycles. The maximum absolute atomic E-state index is 10.9. The van der Waals surface area contributed by atoms with Gasteiger partial charge in [0, 0.05) is 16.3 Å². The first kappa shape index (κ1) is 12.0. The first-order valence-electron chi connectivity index (χ1n) is 4.16. The lowest BCUT2D eigenvalue weighted by Crippen LogP contribution is -1.90. The maximum Gasteiger partial charge on any atom is 0.151 e. The van der Waals surface area contributed by atoms with Gasteiger partial charge in [0.1, 0.15) is 0 Å². The topological polar surface area (TPSA) is 17.1 Å². The standard InChI is InChI=1S/C11H5I3O/c12-9-1-2-10(13)8-4-11(14)6(5-15)3-7(8)9/h1-5H. The van der Waals surface area contributed by atoms with Crippen LogP contribution in [0, 0.1) is 10.7 Å². The van der Waals surface area contributed by atoms with Crippen LogP contribution in [-0.2, 0) is 0 Å². The van der Waals surface area contributed by atoms with Gasteiger partial charge in [-0.15, -0.1) is 0 Å². The van der Waals surface area contributed by atoms with Gasteiger partial charge in [-0.25, -0.2) is 0 Å². The third-order valence-electron chi connectivity index (χ3n) is 2.15. The third kappa shape index (κ3) is 2.31. The van der Waals surface area contributed by atoms with Gasteiger partial charge in [0.2, 0.25) is 0 Å². The third-order valence-corrected chi connectivity index (χ3v) is 4.97. The summed E-state index contributed by atoms with van der Waals surface area (Å²) < 4.78 is 3.41. The van der Waals surface area contributed by atoms with Crippen molar-refractivity contribution >= 4 is 84.8 Å². The fourth-order valence-corrected chi connectivity index (χ4v) is 3.25. The summed E-state index contributed by atoms with van der Waals surface area (Å²) in [6, 6.07) is 8.21. The lowest BCUT2D eigenvalue weighted by molar-refractivity contribution is 0.112. The molecule has 0 fully saturated rings. The Morgan fingerprint density at radius 3 is 1.93 bits per heavy atom. The van der Waals surface area contributed by atoms with Crippen LogP contribution in [0.3, 0.4) is 0 Å². The quantitative estimate of drug-likeness (QED) is 0.391. The van der Waals surface area contributed by atoms with Crippen molar-refractivity contribution < 1.29 is 4.79 Å². The number of hydrogen-bond acceptors (Lipinski definition) is 1. The summed E-state index contributed by atoms with van der Waals surface area (Å²) in [6.45, 7) is 0. The van der Waals surface area contributed by atoms with Crippen LogP contribution in [0.15, 0.2) is 24.3 Å². The summed E-state index contributed by atoms with van der Waals surface area (Å²) in [5.74, 6) is 0. The van der Waals surface area contributed by atoms with Crippen molar-refractivity contribution in [2.45, 2.75) is 0 Å². The van der Waals surface area contributed by atoms with Crippen molar-refractivity contribution in [1.29, 1.82) is 0 Å². The van der Waals surface area contributed by atoms with E-state index in [0.29, 0.717) is 0 Å². The molecular weight excluding hydrogens is 529 g/mol. The first-order chi connectivity index (χ1) is 7.13. The highest BCUT2D eigenvalue weighted by Crippen LogP contribution is 2.28. The zero-order valence-corrected chi connectivity index (χ0v) is 13.9. The highest BCUT2D eigenvalue weighted by Gasteiger charge is 2.06. The number of carbonyl (C=O) groups is 1. The molecule has 0 aliphatic rings. The number of aldehydes is 1. The Morgan fingerprint density at radius 2 is 1.40 bits per heavy atom. The van der Waals surface area contributed by atoms with Crippen molar-refractivity contribution in [3.05, 3.63) is 40.5 Å². The van der Waals surface area contributed by atoms with Crippen LogP contribution < -0.4 is 0 Å². The van der Waals surface area contributed by atoms with Gasteiger partial charge in [0.15, 0.2) is 6.29 Å². The number of fused-ring (bicyclic) bond motifs is 1. The zero-order valence-electron chi connectivity index (χ0n) is 7.43. The molecule has 2 aromatic carbocycles. The van der Waals surface area contributed by atoms with E-state index in [4.69, 9.17) is 0 Å². The molecule has 2 aromatic rings. The lowest BCUT2D eigenvalue weighted by Gasteiger charge is -2.06. The van der Waals surface area contributed by atoms with E-state index in [9.17, 15) is 4.79 Å². The van der Waals surface area contributed by atoms with Crippen LogP contribution in [0.5, 0.6) is 0 Å². The van der Waals surface area contributed by atoms with E-state index in [2.05, 4.69) is 86.0 Å². The van der Waals surface area contributed by atoms with Crippen molar-refractivity contribution in [3.8, 4) is 0 Å². The monoisotopic (exact) mass is 534 g/mol. The van der Waals surface area contributed by atoms with Crippen LogP contribution in [-0.4, -0.2) is 6.29 Å². The molecule has 0 aliphatic carbocycles. The molecule has 0 N–H and O–H groups in total. The van der Waals surface area contributed by atoms with Crippen LogP contribution >= 0.6 is 67.8 Å². The molecule has 76 valence electrons. The van der Waals surface area contributed by atoms with Crippen molar-refractivity contribution in [2.75, 3.05) is 0 Å². The Hall–Kier alpha value is 0.560. The van der Waals surface area contributed by atoms with E-state index in [1.54, 1.807) is 0 Å². The highest BCUT2D eigenvalue weighted by molar-refractivity contribution is 14.1. The second kappa shape index (κ2) is 4.82. The molecule has 4 heteroatoms. The Labute approximate surface area is 128 Å². The first-order valence-corrected chi connectivity index (χ1v) is 7.39. The number of hydrogen-bond donors (Lipinski definition) is 0. The normalized spacial score (nSPS) is 10.6. The Balaban J connectivity index is 2.92. The van der Waals surface area contributed by atoms with Gasteiger partial charge in [0.25, 0.3) is 0 Å². The van der Waals surface area contributed by atoms with Crippen LogP contribution in [0.4, 0.5) is 0 Å². The molecule has 15 heavy (non-hydrogen) atoms. The molecule has 0 aromatic heterocycles. The Morgan fingerprint density at radius 1 is 0.867 bits per heavy atom. The Kier molecular flexibility index (Phi) is 3.87. The van der Waals surface area contributed by atoms with Gasteiger partial charge in [-0.2, -0.15) is 0 Å². The van der Waals surface area contributed by atoms with Gasteiger partial charge in [-0.1, -0.05) is 0 Å². The molecule has 0 amide bonds. The van der Waals surface area contributed by atoms with Gasteiger partial charge in [-0.3, -0.25) is 4.79 Å². The van der Waals surface area contributed by atoms with Gasteiger partial charge in [0.05, 0.1) is 0 Å². The molecule has 0 unspecified atom stereocenters. The number of rotatable bonds is 1. The minimum Gasteiger partial charge on any atom is -0.298 e. The molecule has 0 atom stereocenters. The molecule has 0 heterocycles. The van der Waals surface area contributed by atoms with E-state index in [0.717, 1.165) is 20.8 Å². The Bertz CT molecular complexity index is 549. The summed E-state index contributed by atoms with van der Waals surface area (Å²) in [5, 5.41) is 2.38. The number of halogens is 3. The van der Waals surface area contributed by atoms with E-state index in [1.165, 1.54) is 12.5 Å². The van der Waals surface area contributed by atoms with Gasteiger partial charge >= 0.3 is 0 Å². The predicted octanol–water partition coefficient (Wildman–Crippen LogP) is 4.47. The minimum absolute atomic E-state index is 0.767. The molecule has 0 aliphatic heterocycles. The number of carbonyl (C=O) groups excluding carboxylic acids is 1. The maximum atomic E-state index is 10.9. The van der Waals surface area contributed by atoms with Crippen molar-refractivity contribution in [2.24, 2.45) is 0 Å². The zero-order chi connectivity index (χ0) is 11.0. The van der Waals surface area contributed by atoms with E-state index in [-0.39, 0.29) is 0 Å². The molecule has 0 spiro atoms. The molecule has 0 radical (unpaired) electrons. The second-order valence-corrected chi connectivity index (χ2v) is 6.55. The number of benzene rings is 2. The van der Waals surface area contributed by atoms with E-state index >= 15 is 0 Å². The fraction of sp³-hybridized carbons (Fsp3) is 0. The summed E-state index contributed by atoms with van der Waals surface area (Å²) in [7, 11) is 0. The van der Waals surface area contributed by atoms with E-state index < -0.39 is 0 Å². The average Bonchev–Trinajstić information content (AvgIpc) is 2.23. The largest absolute Gasteiger partial charge is 0.298 e. The van der Waals surface area contributed by atoms with Gasteiger partial charge < -0.3 is 0 Å².